The Morgan fingerprint density at radius 1 is 1.33 bits per heavy atom. The van der Waals surface area contributed by atoms with Crippen LogP contribution in [-0.4, -0.2) is 22.3 Å². The zero-order chi connectivity index (χ0) is 12.5. The fraction of sp³-hybridized carbons (Fsp3) is 0.231. The lowest BCUT2D eigenvalue weighted by molar-refractivity contribution is 0.0686. The second kappa shape index (κ2) is 4.18. The van der Waals surface area contributed by atoms with Crippen molar-refractivity contribution in [2.75, 3.05) is 5.32 Å². The smallest absolute Gasteiger partial charge is 0.358 e. The molecule has 18 heavy (non-hydrogen) atoms. The molecule has 1 fully saturated rings. The number of anilines is 1. The normalized spacial score (nSPS) is 14.4. The van der Waals surface area contributed by atoms with Crippen molar-refractivity contribution < 1.29 is 14.4 Å². The molecule has 5 nitrogen and oxygen atoms in total. The number of rotatable bonds is 4. The molecule has 92 valence electrons. The molecule has 2 N–H and O–H groups in total. The van der Waals surface area contributed by atoms with E-state index in [1.165, 1.54) is 18.9 Å². The van der Waals surface area contributed by atoms with Crippen LogP contribution in [0.3, 0.4) is 0 Å². The van der Waals surface area contributed by atoms with Crippen LogP contribution >= 0.6 is 0 Å². The van der Waals surface area contributed by atoms with E-state index in [0.29, 0.717) is 11.8 Å². The number of hydrogen-bond donors (Lipinski definition) is 2. The molecule has 0 saturated heterocycles. The van der Waals surface area contributed by atoms with Crippen molar-refractivity contribution in [1.82, 2.24) is 5.16 Å². The first-order chi connectivity index (χ1) is 8.72. The SMILES string of the molecule is O=C(O)c1cc(-c2ccc(NC3CC3)cc2)on1. The summed E-state index contributed by atoms with van der Waals surface area (Å²) in [6, 6.07) is 9.71. The van der Waals surface area contributed by atoms with E-state index in [0.717, 1.165) is 11.3 Å². The highest BCUT2D eigenvalue weighted by atomic mass is 16.5. The van der Waals surface area contributed by atoms with Gasteiger partial charge < -0.3 is 14.9 Å². The number of benzene rings is 1. The van der Waals surface area contributed by atoms with Gasteiger partial charge in [-0.2, -0.15) is 0 Å². The van der Waals surface area contributed by atoms with Gasteiger partial charge in [-0.3, -0.25) is 0 Å². The molecule has 1 aliphatic carbocycles. The predicted octanol–water partition coefficient (Wildman–Crippen LogP) is 2.61. The maximum absolute atomic E-state index is 10.7. The van der Waals surface area contributed by atoms with Gasteiger partial charge in [0, 0.05) is 23.4 Å². The van der Waals surface area contributed by atoms with E-state index < -0.39 is 5.97 Å². The quantitative estimate of drug-likeness (QED) is 0.864. The number of aromatic carboxylic acids is 1. The summed E-state index contributed by atoms with van der Waals surface area (Å²) in [5, 5.41) is 15.6. The average molecular weight is 244 g/mol. The maximum Gasteiger partial charge on any atom is 0.358 e. The number of nitrogens with zero attached hydrogens (tertiary/aromatic N) is 1. The zero-order valence-electron chi connectivity index (χ0n) is 9.59. The predicted molar refractivity (Wildman–Crippen MR) is 65.5 cm³/mol. The maximum atomic E-state index is 10.7. The first-order valence-corrected chi connectivity index (χ1v) is 5.79. The van der Waals surface area contributed by atoms with Crippen LogP contribution in [0.15, 0.2) is 34.9 Å². The summed E-state index contributed by atoms with van der Waals surface area (Å²) in [5.41, 5.74) is 1.81. The van der Waals surface area contributed by atoms with Crippen molar-refractivity contribution in [2.24, 2.45) is 0 Å². The van der Waals surface area contributed by atoms with E-state index >= 15 is 0 Å². The van der Waals surface area contributed by atoms with Gasteiger partial charge >= 0.3 is 5.97 Å². The third-order valence-electron chi connectivity index (χ3n) is 2.85. The van der Waals surface area contributed by atoms with E-state index in [4.69, 9.17) is 9.63 Å². The fourth-order valence-electron chi connectivity index (χ4n) is 1.71. The molecule has 0 radical (unpaired) electrons. The molecule has 1 heterocycles. The van der Waals surface area contributed by atoms with Crippen LogP contribution in [0.2, 0.25) is 0 Å². The standard InChI is InChI=1S/C13H12N2O3/c16-13(17)11-7-12(18-15-11)8-1-3-9(4-2-8)14-10-5-6-10/h1-4,7,10,14H,5-6H2,(H,16,17). The van der Waals surface area contributed by atoms with Gasteiger partial charge in [0.25, 0.3) is 0 Å². The van der Waals surface area contributed by atoms with E-state index in [1.54, 1.807) is 0 Å². The van der Waals surface area contributed by atoms with Crippen LogP contribution in [0.4, 0.5) is 5.69 Å². The molecule has 0 aliphatic heterocycles. The van der Waals surface area contributed by atoms with Gasteiger partial charge in [0.15, 0.2) is 11.5 Å². The molecule has 1 aliphatic rings. The molecular formula is C13H12N2O3. The lowest BCUT2D eigenvalue weighted by atomic mass is 10.1. The van der Waals surface area contributed by atoms with Gasteiger partial charge in [0.1, 0.15) is 0 Å². The minimum atomic E-state index is -1.09. The second-order valence-electron chi connectivity index (χ2n) is 4.38. The number of carboxylic acids is 1. The van der Waals surface area contributed by atoms with Crippen molar-refractivity contribution in [2.45, 2.75) is 18.9 Å². The molecule has 1 aromatic heterocycles. The zero-order valence-corrected chi connectivity index (χ0v) is 9.59. The number of aromatic nitrogens is 1. The molecule has 3 rings (SSSR count). The van der Waals surface area contributed by atoms with E-state index in [9.17, 15) is 4.79 Å². The molecular weight excluding hydrogens is 232 g/mol. The summed E-state index contributed by atoms with van der Waals surface area (Å²) in [6.45, 7) is 0. The highest BCUT2D eigenvalue weighted by molar-refractivity contribution is 5.86. The van der Waals surface area contributed by atoms with Gasteiger partial charge in [0.05, 0.1) is 0 Å². The molecule has 5 heteroatoms. The minimum absolute atomic E-state index is 0.0785. The fourth-order valence-corrected chi connectivity index (χ4v) is 1.71. The molecule has 0 spiro atoms. The third kappa shape index (κ3) is 2.20. The summed E-state index contributed by atoms with van der Waals surface area (Å²) in [6.07, 6.45) is 2.46. The molecule has 1 saturated carbocycles. The van der Waals surface area contributed by atoms with Gasteiger partial charge in [-0.25, -0.2) is 4.79 Å². The highest BCUT2D eigenvalue weighted by Gasteiger charge is 2.20. The Balaban J connectivity index is 1.79. The Labute approximate surface area is 103 Å². The number of hydrogen-bond acceptors (Lipinski definition) is 4. The monoisotopic (exact) mass is 244 g/mol. The van der Waals surface area contributed by atoms with Gasteiger partial charge in [0.2, 0.25) is 0 Å². The van der Waals surface area contributed by atoms with Crippen LogP contribution in [0.25, 0.3) is 11.3 Å². The molecule has 2 aromatic rings. The molecule has 1 aromatic carbocycles. The summed E-state index contributed by atoms with van der Waals surface area (Å²) in [7, 11) is 0. The number of carbonyl (C=O) groups is 1. The van der Waals surface area contributed by atoms with Crippen molar-refractivity contribution in [3.05, 3.63) is 36.0 Å². The lowest BCUT2D eigenvalue weighted by Crippen LogP contribution is -1.99. The minimum Gasteiger partial charge on any atom is -0.476 e. The number of carboxylic acid groups (broad SMARTS) is 1. The van der Waals surface area contributed by atoms with Crippen LogP contribution in [0.1, 0.15) is 23.3 Å². The molecule has 0 bridgehead atoms. The van der Waals surface area contributed by atoms with Crippen LogP contribution in [0, 0.1) is 0 Å². The van der Waals surface area contributed by atoms with Crippen molar-refractivity contribution in [1.29, 1.82) is 0 Å². The van der Waals surface area contributed by atoms with Gasteiger partial charge in [-0.05, 0) is 37.1 Å². The Morgan fingerprint density at radius 2 is 2.06 bits per heavy atom. The van der Waals surface area contributed by atoms with Crippen molar-refractivity contribution >= 4 is 11.7 Å². The van der Waals surface area contributed by atoms with Gasteiger partial charge in [-0.15, -0.1) is 0 Å². The summed E-state index contributed by atoms with van der Waals surface area (Å²) in [5.74, 6) is -0.623. The molecule has 0 amide bonds. The first-order valence-electron chi connectivity index (χ1n) is 5.79. The number of nitrogens with one attached hydrogen (secondary N) is 1. The largest absolute Gasteiger partial charge is 0.476 e. The van der Waals surface area contributed by atoms with Crippen LogP contribution in [0.5, 0.6) is 0 Å². The van der Waals surface area contributed by atoms with Crippen LogP contribution in [-0.2, 0) is 0 Å². The Morgan fingerprint density at radius 3 is 2.61 bits per heavy atom. The Hall–Kier alpha value is -2.30. The summed E-state index contributed by atoms with van der Waals surface area (Å²) >= 11 is 0. The van der Waals surface area contributed by atoms with Gasteiger partial charge in [-0.1, -0.05) is 5.16 Å². The Kier molecular flexibility index (Phi) is 2.51. The highest BCUT2D eigenvalue weighted by Crippen LogP contribution is 2.27. The van der Waals surface area contributed by atoms with Crippen LogP contribution < -0.4 is 5.32 Å². The lowest BCUT2D eigenvalue weighted by Gasteiger charge is -2.04. The second-order valence-corrected chi connectivity index (χ2v) is 4.38. The third-order valence-corrected chi connectivity index (χ3v) is 2.85. The summed E-state index contributed by atoms with van der Waals surface area (Å²) in [4.78, 5) is 10.7. The van der Waals surface area contributed by atoms with E-state index in [2.05, 4.69) is 10.5 Å². The topological polar surface area (TPSA) is 75.4 Å². The molecule has 0 atom stereocenters. The summed E-state index contributed by atoms with van der Waals surface area (Å²) < 4.78 is 4.99. The average Bonchev–Trinajstić information content (AvgIpc) is 3.04. The Bertz CT molecular complexity index is 570. The van der Waals surface area contributed by atoms with Crippen molar-refractivity contribution in [3.63, 3.8) is 0 Å². The first kappa shape index (κ1) is 10.8. The van der Waals surface area contributed by atoms with Crippen molar-refractivity contribution in [3.8, 4) is 11.3 Å². The van der Waals surface area contributed by atoms with E-state index in [1.807, 2.05) is 24.3 Å². The van der Waals surface area contributed by atoms with E-state index in [-0.39, 0.29) is 5.69 Å². The molecule has 0 unspecified atom stereocenters.